The third-order valence-corrected chi connectivity index (χ3v) is 2.33. The van der Waals surface area contributed by atoms with Gasteiger partial charge in [0.2, 0.25) is 5.91 Å². The second kappa shape index (κ2) is 8.64. The smallest absolute Gasteiger partial charge is 0.220 e. The van der Waals surface area contributed by atoms with Crippen LogP contribution in [0.25, 0.3) is 0 Å². The van der Waals surface area contributed by atoms with Gasteiger partial charge in [-0.25, -0.2) is 0 Å². The maximum Gasteiger partial charge on any atom is 0.220 e. The highest BCUT2D eigenvalue weighted by atomic mass is 16.3. The van der Waals surface area contributed by atoms with Crippen LogP contribution in [0.15, 0.2) is 0 Å². The fraction of sp³-hybridized carbons (Fsp3) is 0.900. The second-order valence-corrected chi connectivity index (χ2v) is 3.85. The largest absolute Gasteiger partial charge is 0.394 e. The first-order valence-corrected chi connectivity index (χ1v) is 5.35. The van der Waals surface area contributed by atoms with Gasteiger partial charge in [0, 0.05) is 6.42 Å². The standard InChI is InChI=1S/C10H22N2O3/c1-8(4-5-11)2-3-10(15)12-9(6-13)7-14/h8-9,13-14H,2-7,11H2,1H3,(H,12,15). The van der Waals surface area contributed by atoms with Gasteiger partial charge in [-0.3, -0.25) is 4.79 Å². The Kier molecular flexibility index (Phi) is 8.27. The number of amides is 1. The summed E-state index contributed by atoms with van der Waals surface area (Å²) >= 11 is 0. The number of rotatable bonds is 8. The molecular weight excluding hydrogens is 196 g/mol. The van der Waals surface area contributed by atoms with Crippen LogP contribution in [0, 0.1) is 5.92 Å². The number of aliphatic hydroxyl groups is 2. The Balaban J connectivity index is 3.64. The zero-order valence-corrected chi connectivity index (χ0v) is 9.28. The minimum absolute atomic E-state index is 0.132. The molecule has 5 N–H and O–H groups in total. The first-order valence-electron chi connectivity index (χ1n) is 5.35. The van der Waals surface area contributed by atoms with Gasteiger partial charge in [-0.05, 0) is 25.3 Å². The van der Waals surface area contributed by atoms with Gasteiger partial charge in [0.15, 0.2) is 0 Å². The van der Waals surface area contributed by atoms with E-state index in [4.69, 9.17) is 15.9 Å². The lowest BCUT2D eigenvalue weighted by molar-refractivity contribution is -0.122. The first-order chi connectivity index (χ1) is 7.13. The van der Waals surface area contributed by atoms with E-state index in [1.165, 1.54) is 0 Å². The van der Waals surface area contributed by atoms with Crippen molar-refractivity contribution in [2.45, 2.75) is 32.2 Å². The Morgan fingerprint density at radius 3 is 2.40 bits per heavy atom. The van der Waals surface area contributed by atoms with Gasteiger partial charge in [-0.2, -0.15) is 0 Å². The molecule has 0 rings (SSSR count). The molecule has 0 heterocycles. The zero-order chi connectivity index (χ0) is 11.7. The summed E-state index contributed by atoms with van der Waals surface area (Å²) in [5, 5.41) is 20.0. The minimum atomic E-state index is -0.540. The van der Waals surface area contributed by atoms with E-state index in [0.29, 0.717) is 18.9 Å². The number of nitrogens with one attached hydrogen (secondary N) is 1. The van der Waals surface area contributed by atoms with Crippen LogP contribution in [-0.4, -0.2) is 41.9 Å². The average Bonchev–Trinajstić information content (AvgIpc) is 2.23. The third-order valence-electron chi connectivity index (χ3n) is 2.33. The monoisotopic (exact) mass is 218 g/mol. The van der Waals surface area contributed by atoms with Gasteiger partial charge in [0.1, 0.15) is 0 Å². The summed E-state index contributed by atoms with van der Waals surface area (Å²) in [5.41, 5.74) is 5.39. The maximum atomic E-state index is 11.3. The van der Waals surface area contributed by atoms with Gasteiger partial charge >= 0.3 is 0 Å². The molecule has 0 aromatic heterocycles. The summed E-state index contributed by atoms with van der Waals surface area (Å²) in [6, 6.07) is -0.540. The van der Waals surface area contributed by atoms with E-state index >= 15 is 0 Å². The van der Waals surface area contributed by atoms with Gasteiger partial charge < -0.3 is 21.3 Å². The van der Waals surface area contributed by atoms with Gasteiger partial charge in [0.25, 0.3) is 0 Å². The maximum absolute atomic E-state index is 11.3. The lowest BCUT2D eigenvalue weighted by atomic mass is 10.0. The van der Waals surface area contributed by atoms with Crippen LogP contribution < -0.4 is 11.1 Å². The molecule has 90 valence electrons. The highest BCUT2D eigenvalue weighted by molar-refractivity contribution is 5.76. The molecule has 0 aliphatic carbocycles. The quantitative estimate of drug-likeness (QED) is 0.430. The second-order valence-electron chi connectivity index (χ2n) is 3.85. The summed E-state index contributed by atoms with van der Waals surface area (Å²) < 4.78 is 0. The molecule has 0 fully saturated rings. The molecule has 15 heavy (non-hydrogen) atoms. The molecule has 0 saturated heterocycles. The predicted octanol–water partition coefficient (Wildman–Crippen LogP) is -0.779. The summed E-state index contributed by atoms with van der Waals surface area (Å²) in [5.74, 6) is 0.300. The molecule has 0 spiro atoms. The molecule has 0 saturated carbocycles. The molecular formula is C10H22N2O3. The van der Waals surface area contributed by atoms with Crippen LogP contribution in [-0.2, 0) is 4.79 Å². The Morgan fingerprint density at radius 1 is 1.33 bits per heavy atom. The number of hydrogen-bond donors (Lipinski definition) is 4. The van der Waals surface area contributed by atoms with Gasteiger partial charge in [-0.15, -0.1) is 0 Å². The molecule has 5 nitrogen and oxygen atoms in total. The normalized spacial score (nSPS) is 12.9. The summed E-state index contributed by atoms with van der Waals surface area (Å²) in [4.78, 5) is 11.3. The van der Waals surface area contributed by atoms with Crippen molar-refractivity contribution in [3.8, 4) is 0 Å². The van der Waals surface area contributed by atoms with Crippen LogP contribution in [0.3, 0.4) is 0 Å². The fourth-order valence-corrected chi connectivity index (χ4v) is 1.26. The SMILES string of the molecule is CC(CCN)CCC(=O)NC(CO)CO. The highest BCUT2D eigenvalue weighted by Gasteiger charge is 2.11. The van der Waals surface area contributed by atoms with Crippen LogP contribution in [0.2, 0.25) is 0 Å². The summed E-state index contributed by atoms with van der Waals surface area (Å²) in [7, 11) is 0. The lowest BCUT2D eigenvalue weighted by Gasteiger charge is -2.14. The molecule has 0 radical (unpaired) electrons. The van der Waals surface area contributed by atoms with Crippen molar-refractivity contribution in [3.05, 3.63) is 0 Å². The van der Waals surface area contributed by atoms with Gasteiger partial charge in [-0.1, -0.05) is 6.92 Å². The minimum Gasteiger partial charge on any atom is -0.394 e. The van der Waals surface area contributed by atoms with Crippen molar-refractivity contribution >= 4 is 5.91 Å². The highest BCUT2D eigenvalue weighted by Crippen LogP contribution is 2.08. The van der Waals surface area contributed by atoms with Crippen LogP contribution in [0.4, 0.5) is 0 Å². The number of hydrogen-bond acceptors (Lipinski definition) is 4. The molecule has 0 aliphatic heterocycles. The topological polar surface area (TPSA) is 95.6 Å². The van der Waals surface area contributed by atoms with E-state index in [9.17, 15) is 4.79 Å². The molecule has 5 heteroatoms. The Bertz CT molecular complexity index is 172. The van der Waals surface area contributed by atoms with E-state index in [1.54, 1.807) is 0 Å². The Labute approximate surface area is 90.7 Å². The molecule has 0 aromatic rings. The van der Waals surface area contributed by atoms with Crippen molar-refractivity contribution in [2.75, 3.05) is 19.8 Å². The van der Waals surface area contributed by atoms with Crippen molar-refractivity contribution in [1.82, 2.24) is 5.32 Å². The molecule has 1 atom stereocenters. The number of carbonyl (C=O) groups is 1. The van der Waals surface area contributed by atoms with Crippen molar-refractivity contribution in [1.29, 1.82) is 0 Å². The van der Waals surface area contributed by atoms with E-state index in [0.717, 1.165) is 12.8 Å². The zero-order valence-electron chi connectivity index (χ0n) is 9.28. The third kappa shape index (κ3) is 7.30. The predicted molar refractivity (Wildman–Crippen MR) is 58.2 cm³/mol. The van der Waals surface area contributed by atoms with Crippen LogP contribution in [0.1, 0.15) is 26.2 Å². The van der Waals surface area contributed by atoms with Crippen molar-refractivity contribution in [2.24, 2.45) is 11.7 Å². The first kappa shape index (κ1) is 14.3. The molecule has 1 unspecified atom stereocenters. The average molecular weight is 218 g/mol. The summed E-state index contributed by atoms with van der Waals surface area (Å²) in [6.45, 7) is 2.22. The lowest BCUT2D eigenvalue weighted by Crippen LogP contribution is -2.40. The fourth-order valence-electron chi connectivity index (χ4n) is 1.26. The number of carbonyl (C=O) groups excluding carboxylic acids is 1. The molecule has 1 amide bonds. The molecule has 0 bridgehead atoms. The summed E-state index contributed by atoms with van der Waals surface area (Å²) in [6.07, 6.45) is 2.11. The van der Waals surface area contributed by atoms with E-state index in [1.807, 2.05) is 0 Å². The van der Waals surface area contributed by atoms with E-state index < -0.39 is 6.04 Å². The Morgan fingerprint density at radius 2 is 1.93 bits per heavy atom. The van der Waals surface area contributed by atoms with Crippen LogP contribution in [0.5, 0.6) is 0 Å². The molecule has 0 aromatic carbocycles. The van der Waals surface area contributed by atoms with Crippen molar-refractivity contribution in [3.63, 3.8) is 0 Å². The number of nitrogens with two attached hydrogens (primary N) is 1. The van der Waals surface area contributed by atoms with Gasteiger partial charge in [0.05, 0.1) is 19.3 Å². The number of aliphatic hydroxyl groups excluding tert-OH is 2. The van der Waals surface area contributed by atoms with Crippen LogP contribution >= 0.6 is 0 Å². The van der Waals surface area contributed by atoms with Crippen molar-refractivity contribution < 1.29 is 15.0 Å². The van der Waals surface area contributed by atoms with E-state index in [-0.39, 0.29) is 19.1 Å². The van der Waals surface area contributed by atoms with E-state index in [2.05, 4.69) is 12.2 Å². The Hall–Kier alpha value is -0.650. The molecule has 0 aliphatic rings.